The predicted molar refractivity (Wildman–Crippen MR) is 92.9 cm³/mol. The van der Waals surface area contributed by atoms with Crippen LogP contribution in [-0.2, 0) is 4.79 Å². The van der Waals surface area contributed by atoms with Crippen molar-refractivity contribution in [2.24, 2.45) is 0 Å². The maximum atomic E-state index is 13.3. The van der Waals surface area contributed by atoms with Gasteiger partial charge in [-0.3, -0.25) is 14.9 Å². The van der Waals surface area contributed by atoms with Gasteiger partial charge < -0.3 is 5.32 Å². The van der Waals surface area contributed by atoms with Crippen LogP contribution in [-0.4, -0.2) is 16.1 Å². The zero-order valence-corrected chi connectivity index (χ0v) is 14.3. The molecule has 2 rings (SSSR count). The van der Waals surface area contributed by atoms with E-state index in [1.54, 1.807) is 6.92 Å². The summed E-state index contributed by atoms with van der Waals surface area (Å²) in [6.07, 6.45) is 0. The Morgan fingerprint density at radius 2 is 1.92 bits per heavy atom. The van der Waals surface area contributed by atoms with Crippen LogP contribution in [0.5, 0.6) is 0 Å². The first kappa shape index (κ1) is 17.9. The normalized spacial score (nSPS) is 11.8. The number of rotatable bonds is 5. The summed E-state index contributed by atoms with van der Waals surface area (Å²) in [5.74, 6) is -1.24. The molecule has 1 N–H and O–H groups in total. The number of carbonyl (C=O) groups excluding carboxylic acids is 1. The van der Waals surface area contributed by atoms with E-state index in [-0.39, 0.29) is 11.6 Å². The third-order valence-corrected chi connectivity index (χ3v) is 4.66. The molecule has 1 unspecified atom stereocenters. The molecule has 0 aliphatic rings. The molecular weight excluding hydrogens is 331 g/mol. The minimum absolute atomic E-state index is 0.195. The van der Waals surface area contributed by atoms with Crippen LogP contribution in [0.4, 0.5) is 15.8 Å². The molecule has 24 heavy (non-hydrogen) atoms. The Hall–Kier alpha value is -2.41. The van der Waals surface area contributed by atoms with Crippen molar-refractivity contribution in [1.82, 2.24) is 0 Å². The van der Waals surface area contributed by atoms with Crippen molar-refractivity contribution in [2.75, 3.05) is 5.32 Å². The average molecular weight is 348 g/mol. The van der Waals surface area contributed by atoms with Crippen molar-refractivity contribution in [3.63, 3.8) is 0 Å². The van der Waals surface area contributed by atoms with Crippen molar-refractivity contribution in [1.29, 1.82) is 0 Å². The van der Waals surface area contributed by atoms with E-state index in [0.29, 0.717) is 0 Å². The molecule has 0 heterocycles. The number of nitrogens with one attached hydrogen (secondary N) is 1. The summed E-state index contributed by atoms with van der Waals surface area (Å²) in [7, 11) is 0. The number of hydrogen-bond acceptors (Lipinski definition) is 4. The largest absolute Gasteiger partial charge is 0.325 e. The van der Waals surface area contributed by atoms with Gasteiger partial charge in [0.05, 0.1) is 10.2 Å². The summed E-state index contributed by atoms with van der Waals surface area (Å²) in [5, 5.41) is 12.9. The van der Waals surface area contributed by atoms with E-state index in [2.05, 4.69) is 5.32 Å². The Morgan fingerprint density at radius 3 is 2.54 bits per heavy atom. The van der Waals surface area contributed by atoms with Gasteiger partial charge in [-0.05, 0) is 56.2 Å². The molecule has 0 radical (unpaired) electrons. The van der Waals surface area contributed by atoms with Gasteiger partial charge in [-0.15, -0.1) is 11.8 Å². The van der Waals surface area contributed by atoms with Gasteiger partial charge in [-0.2, -0.15) is 4.39 Å². The first-order valence-electron chi connectivity index (χ1n) is 7.26. The minimum atomic E-state index is -0.935. The van der Waals surface area contributed by atoms with Crippen LogP contribution < -0.4 is 5.32 Å². The lowest BCUT2D eigenvalue weighted by atomic mass is 10.1. The summed E-state index contributed by atoms with van der Waals surface area (Å²) >= 11 is 1.39. The van der Waals surface area contributed by atoms with E-state index in [1.165, 1.54) is 23.4 Å². The second kappa shape index (κ2) is 7.44. The van der Waals surface area contributed by atoms with Gasteiger partial charge >= 0.3 is 5.69 Å². The molecular formula is C17H17FN2O3S. The van der Waals surface area contributed by atoms with Crippen LogP contribution >= 0.6 is 11.8 Å². The Bertz CT molecular complexity index is 795. The molecule has 1 atom stereocenters. The highest BCUT2D eigenvalue weighted by Crippen LogP contribution is 2.27. The lowest BCUT2D eigenvalue weighted by Gasteiger charge is -2.13. The number of anilines is 1. The van der Waals surface area contributed by atoms with E-state index >= 15 is 0 Å². The number of thioether (sulfide) groups is 1. The number of amides is 1. The lowest BCUT2D eigenvalue weighted by Crippen LogP contribution is -2.22. The number of carbonyl (C=O) groups is 1. The second-order valence-corrected chi connectivity index (χ2v) is 6.83. The molecule has 0 bridgehead atoms. The standard InChI is InChI=1S/C17H17FN2O3S/c1-10-4-6-14(8-11(10)2)24-12(3)17(21)19-13-5-7-15(18)16(9-13)20(22)23/h4-9,12H,1-3H3,(H,19,21). The van der Waals surface area contributed by atoms with Crippen LogP contribution in [0.3, 0.4) is 0 Å². The van der Waals surface area contributed by atoms with Gasteiger partial charge in [0, 0.05) is 16.6 Å². The molecule has 0 spiro atoms. The average Bonchev–Trinajstić information content (AvgIpc) is 2.52. The van der Waals surface area contributed by atoms with Gasteiger partial charge in [0.1, 0.15) is 0 Å². The molecule has 0 saturated carbocycles. The third kappa shape index (κ3) is 4.32. The highest BCUT2D eigenvalue weighted by molar-refractivity contribution is 8.00. The number of nitro groups is 1. The summed E-state index contributed by atoms with van der Waals surface area (Å²) in [4.78, 5) is 23.1. The van der Waals surface area contributed by atoms with Crippen molar-refractivity contribution >= 4 is 29.0 Å². The van der Waals surface area contributed by atoms with E-state index in [4.69, 9.17) is 0 Å². The summed E-state index contributed by atoms with van der Waals surface area (Å²) in [5.41, 5.74) is 1.85. The zero-order chi connectivity index (χ0) is 17.9. The molecule has 126 valence electrons. The van der Waals surface area contributed by atoms with Crippen LogP contribution in [0.2, 0.25) is 0 Å². The molecule has 5 nitrogen and oxygen atoms in total. The number of nitrogens with zero attached hydrogens (tertiary/aromatic N) is 1. The Kier molecular flexibility index (Phi) is 5.56. The highest BCUT2D eigenvalue weighted by Gasteiger charge is 2.18. The maximum Gasteiger partial charge on any atom is 0.306 e. The number of aryl methyl sites for hydroxylation is 2. The summed E-state index contributed by atoms with van der Waals surface area (Å²) in [6.45, 7) is 5.76. The molecule has 7 heteroatoms. The lowest BCUT2D eigenvalue weighted by molar-refractivity contribution is -0.387. The fraction of sp³-hybridized carbons (Fsp3) is 0.235. The minimum Gasteiger partial charge on any atom is -0.325 e. The van der Waals surface area contributed by atoms with E-state index in [9.17, 15) is 19.3 Å². The number of hydrogen-bond donors (Lipinski definition) is 1. The van der Waals surface area contributed by atoms with E-state index < -0.39 is 21.7 Å². The number of halogens is 1. The first-order chi connectivity index (χ1) is 11.3. The quantitative estimate of drug-likeness (QED) is 0.491. The second-order valence-electron chi connectivity index (χ2n) is 5.42. The van der Waals surface area contributed by atoms with Gasteiger partial charge in [0.2, 0.25) is 11.7 Å². The molecule has 0 aliphatic carbocycles. The predicted octanol–water partition coefficient (Wildman–Crippen LogP) is 4.47. The van der Waals surface area contributed by atoms with Crippen molar-refractivity contribution in [3.05, 3.63) is 63.5 Å². The molecule has 0 aromatic heterocycles. The van der Waals surface area contributed by atoms with E-state index in [0.717, 1.165) is 22.6 Å². The molecule has 2 aromatic rings. The Balaban J connectivity index is 2.07. The smallest absolute Gasteiger partial charge is 0.306 e. The van der Waals surface area contributed by atoms with Crippen LogP contribution in [0.1, 0.15) is 18.1 Å². The van der Waals surface area contributed by atoms with Gasteiger partial charge in [-0.25, -0.2) is 0 Å². The maximum absolute atomic E-state index is 13.3. The van der Waals surface area contributed by atoms with Crippen molar-refractivity contribution in [3.8, 4) is 0 Å². The first-order valence-corrected chi connectivity index (χ1v) is 8.14. The summed E-state index contributed by atoms with van der Waals surface area (Å²) in [6, 6.07) is 9.22. The van der Waals surface area contributed by atoms with Gasteiger partial charge in [0.15, 0.2) is 0 Å². The molecule has 0 fully saturated rings. The van der Waals surface area contributed by atoms with Crippen LogP contribution in [0, 0.1) is 29.8 Å². The zero-order valence-electron chi connectivity index (χ0n) is 13.5. The van der Waals surface area contributed by atoms with Crippen molar-refractivity contribution in [2.45, 2.75) is 30.9 Å². The Labute approximate surface area is 143 Å². The molecule has 0 saturated heterocycles. The monoisotopic (exact) mass is 348 g/mol. The third-order valence-electron chi connectivity index (χ3n) is 3.57. The fourth-order valence-corrected chi connectivity index (χ4v) is 2.98. The summed E-state index contributed by atoms with van der Waals surface area (Å²) < 4.78 is 13.3. The number of nitro benzene ring substituents is 1. The SMILES string of the molecule is Cc1ccc(SC(C)C(=O)Nc2ccc(F)c([N+](=O)[O-])c2)cc1C. The van der Waals surface area contributed by atoms with Gasteiger partial charge in [0.25, 0.3) is 0 Å². The topological polar surface area (TPSA) is 72.2 Å². The number of benzene rings is 2. The Morgan fingerprint density at radius 1 is 1.21 bits per heavy atom. The van der Waals surface area contributed by atoms with Crippen LogP contribution in [0.25, 0.3) is 0 Å². The fourth-order valence-electron chi connectivity index (χ4n) is 2.02. The highest BCUT2D eigenvalue weighted by atomic mass is 32.2. The molecule has 0 aliphatic heterocycles. The van der Waals surface area contributed by atoms with E-state index in [1.807, 2.05) is 32.0 Å². The van der Waals surface area contributed by atoms with Gasteiger partial charge in [-0.1, -0.05) is 6.07 Å². The molecule has 2 aromatic carbocycles. The van der Waals surface area contributed by atoms with Crippen molar-refractivity contribution < 1.29 is 14.1 Å². The van der Waals surface area contributed by atoms with Crippen LogP contribution in [0.15, 0.2) is 41.3 Å². The molecule has 1 amide bonds.